The third-order valence-electron chi connectivity index (χ3n) is 5.18. The van der Waals surface area contributed by atoms with Crippen LogP contribution in [0, 0.1) is 5.41 Å². The van der Waals surface area contributed by atoms with Crippen LogP contribution in [0.15, 0.2) is 54.6 Å². The highest BCUT2D eigenvalue weighted by Crippen LogP contribution is 2.38. The Balaban J connectivity index is 1.73. The topological polar surface area (TPSA) is 26.3 Å². The molecule has 0 aliphatic heterocycles. The molecule has 0 unspecified atom stereocenters. The molecule has 2 aromatic carbocycles. The molecule has 26 heavy (non-hydrogen) atoms. The van der Waals surface area contributed by atoms with Crippen LogP contribution >= 0.6 is 0 Å². The van der Waals surface area contributed by atoms with Crippen LogP contribution in [0.2, 0.25) is 0 Å². The van der Waals surface area contributed by atoms with Gasteiger partial charge in [0, 0.05) is 6.42 Å². The molecule has 0 saturated carbocycles. The highest BCUT2D eigenvalue weighted by Gasteiger charge is 2.21. The number of allylic oxidation sites excluding steroid dienone is 2. The van der Waals surface area contributed by atoms with Crippen molar-refractivity contribution < 1.29 is 9.53 Å². The first-order valence-corrected chi connectivity index (χ1v) is 9.51. The normalized spacial score (nSPS) is 16.0. The van der Waals surface area contributed by atoms with E-state index < -0.39 is 0 Å². The number of esters is 1. The Morgan fingerprint density at radius 2 is 1.77 bits per heavy atom. The third kappa shape index (κ3) is 4.63. The van der Waals surface area contributed by atoms with Crippen molar-refractivity contribution in [3.05, 3.63) is 65.7 Å². The number of benzene rings is 2. The minimum absolute atomic E-state index is 0.163. The van der Waals surface area contributed by atoms with Gasteiger partial charge in [-0.05, 0) is 58.6 Å². The summed E-state index contributed by atoms with van der Waals surface area (Å²) in [4.78, 5) is 11.3. The van der Waals surface area contributed by atoms with Gasteiger partial charge in [0.25, 0.3) is 0 Å². The molecule has 0 N–H and O–H groups in total. The van der Waals surface area contributed by atoms with Crippen LogP contribution in [0.5, 0.6) is 0 Å². The smallest absolute Gasteiger partial charge is 0.305 e. The van der Waals surface area contributed by atoms with Crippen LogP contribution in [0.25, 0.3) is 16.7 Å². The van der Waals surface area contributed by atoms with Gasteiger partial charge in [-0.3, -0.25) is 4.79 Å². The van der Waals surface area contributed by atoms with Crippen LogP contribution < -0.4 is 0 Å². The molecule has 1 aliphatic carbocycles. The summed E-state index contributed by atoms with van der Waals surface area (Å²) < 4.78 is 5.24. The summed E-state index contributed by atoms with van der Waals surface area (Å²) in [5.41, 5.74) is 6.60. The van der Waals surface area contributed by atoms with Crippen molar-refractivity contribution >= 4 is 11.5 Å². The van der Waals surface area contributed by atoms with Gasteiger partial charge in [0.05, 0.1) is 0 Å². The van der Waals surface area contributed by atoms with Crippen LogP contribution in [0.1, 0.15) is 57.6 Å². The molecule has 0 spiro atoms. The zero-order valence-electron chi connectivity index (χ0n) is 16.0. The standard InChI is InChI=1S/C24H28O2/c1-4-23(25)26-17-18-6-5-7-22(16-18)20-10-8-19(9-11-20)21-12-14-24(2,3)15-13-21/h5-12,16H,4,13-15,17H2,1-3H3. The second-order valence-corrected chi connectivity index (χ2v) is 7.89. The van der Waals surface area contributed by atoms with Gasteiger partial charge in [-0.1, -0.05) is 69.3 Å². The molecule has 0 atom stereocenters. The van der Waals surface area contributed by atoms with E-state index in [4.69, 9.17) is 4.74 Å². The fourth-order valence-electron chi connectivity index (χ4n) is 3.32. The summed E-state index contributed by atoms with van der Waals surface area (Å²) >= 11 is 0. The second kappa shape index (κ2) is 7.90. The van der Waals surface area contributed by atoms with Gasteiger partial charge < -0.3 is 4.74 Å². The molecular weight excluding hydrogens is 320 g/mol. The number of hydrogen-bond donors (Lipinski definition) is 0. The number of ether oxygens (including phenoxy) is 1. The number of rotatable bonds is 5. The molecule has 0 bridgehead atoms. The zero-order chi connectivity index (χ0) is 18.6. The van der Waals surface area contributed by atoms with Gasteiger partial charge in [-0.2, -0.15) is 0 Å². The van der Waals surface area contributed by atoms with Crippen molar-refractivity contribution in [1.82, 2.24) is 0 Å². The molecule has 136 valence electrons. The van der Waals surface area contributed by atoms with E-state index in [2.05, 4.69) is 56.3 Å². The molecule has 2 heteroatoms. The Morgan fingerprint density at radius 1 is 1.04 bits per heavy atom. The Hall–Kier alpha value is -2.35. The Bertz CT molecular complexity index is 797. The Kier molecular flexibility index (Phi) is 5.61. The van der Waals surface area contributed by atoms with E-state index in [0.29, 0.717) is 18.4 Å². The van der Waals surface area contributed by atoms with E-state index in [1.165, 1.54) is 23.1 Å². The van der Waals surface area contributed by atoms with E-state index in [-0.39, 0.29) is 5.97 Å². The van der Waals surface area contributed by atoms with E-state index in [1.54, 1.807) is 0 Å². The largest absolute Gasteiger partial charge is 0.461 e. The summed E-state index contributed by atoms with van der Waals surface area (Å²) in [6.07, 6.45) is 6.38. The van der Waals surface area contributed by atoms with Crippen LogP contribution in [0.4, 0.5) is 0 Å². The molecular formula is C24H28O2. The van der Waals surface area contributed by atoms with Crippen LogP contribution in [-0.2, 0) is 16.1 Å². The summed E-state index contributed by atoms with van der Waals surface area (Å²) in [6.45, 7) is 6.83. The molecule has 0 amide bonds. The number of hydrogen-bond acceptors (Lipinski definition) is 2. The summed E-state index contributed by atoms with van der Waals surface area (Å²) in [5, 5.41) is 0. The summed E-state index contributed by atoms with van der Waals surface area (Å²) in [7, 11) is 0. The lowest BCUT2D eigenvalue weighted by Gasteiger charge is -2.28. The lowest BCUT2D eigenvalue weighted by atomic mass is 9.77. The maximum absolute atomic E-state index is 11.3. The predicted molar refractivity (Wildman–Crippen MR) is 108 cm³/mol. The monoisotopic (exact) mass is 348 g/mol. The fraction of sp³-hybridized carbons (Fsp3) is 0.375. The average molecular weight is 348 g/mol. The molecule has 2 nitrogen and oxygen atoms in total. The second-order valence-electron chi connectivity index (χ2n) is 7.89. The van der Waals surface area contributed by atoms with Crippen molar-refractivity contribution in [2.75, 3.05) is 0 Å². The van der Waals surface area contributed by atoms with Crippen molar-refractivity contribution in [2.45, 2.75) is 53.1 Å². The third-order valence-corrected chi connectivity index (χ3v) is 5.18. The van der Waals surface area contributed by atoms with Crippen molar-refractivity contribution in [3.8, 4) is 11.1 Å². The molecule has 0 heterocycles. The summed E-state index contributed by atoms with van der Waals surface area (Å²) in [6, 6.07) is 17.0. The molecule has 0 radical (unpaired) electrons. The average Bonchev–Trinajstić information content (AvgIpc) is 2.66. The molecule has 0 aromatic heterocycles. The van der Waals surface area contributed by atoms with Gasteiger partial charge in [0.15, 0.2) is 0 Å². The predicted octanol–water partition coefficient (Wildman–Crippen LogP) is 6.40. The van der Waals surface area contributed by atoms with Crippen LogP contribution in [0.3, 0.4) is 0 Å². The maximum Gasteiger partial charge on any atom is 0.305 e. The molecule has 2 aromatic rings. The van der Waals surface area contributed by atoms with Gasteiger partial charge in [0.1, 0.15) is 6.61 Å². The van der Waals surface area contributed by atoms with Crippen molar-refractivity contribution in [1.29, 1.82) is 0 Å². The van der Waals surface area contributed by atoms with Gasteiger partial charge in [-0.25, -0.2) is 0 Å². The van der Waals surface area contributed by atoms with Gasteiger partial charge >= 0.3 is 5.97 Å². The Labute approximate surface area is 156 Å². The van der Waals surface area contributed by atoms with Crippen molar-refractivity contribution in [2.24, 2.45) is 5.41 Å². The minimum Gasteiger partial charge on any atom is -0.461 e. The van der Waals surface area contributed by atoms with E-state index in [1.807, 2.05) is 19.1 Å². The van der Waals surface area contributed by atoms with Gasteiger partial charge in [0.2, 0.25) is 0 Å². The first-order chi connectivity index (χ1) is 12.5. The zero-order valence-corrected chi connectivity index (χ0v) is 16.0. The quantitative estimate of drug-likeness (QED) is 0.584. The highest BCUT2D eigenvalue weighted by atomic mass is 16.5. The van der Waals surface area contributed by atoms with Gasteiger partial charge in [-0.15, -0.1) is 0 Å². The van der Waals surface area contributed by atoms with E-state index >= 15 is 0 Å². The first kappa shape index (κ1) is 18.4. The van der Waals surface area contributed by atoms with E-state index in [9.17, 15) is 4.79 Å². The van der Waals surface area contributed by atoms with Crippen LogP contribution in [-0.4, -0.2) is 5.97 Å². The fourth-order valence-corrected chi connectivity index (χ4v) is 3.32. The molecule has 1 aliphatic rings. The number of carbonyl (C=O) groups is 1. The lowest BCUT2D eigenvalue weighted by Crippen LogP contribution is -2.13. The first-order valence-electron chi connectivity index (χ1n) is 9.51. The Morgan fingerprint density at radius 3 is 2.42 bits per heavy atom. The van der Waals surface area contributed by atoms with Crippen molar-refractivity contribution in [3.63, 3.8) is 0 Å². The minimum atomic E-state index is -0.163. The van der Waals surface area contributed by atoms with E-state index in [0.717, 1.165) is 24.0 Å². The SMILES string of the molecule is CCC(=O)OCc1cccc(-c2ccc(C3=CCC(C)(C)CC3)cc2)c1. The maximum atomic E-state index is 11.3. The molecule has 3 rings (SSSR count). The molecule has 0 fully saturated rings. The molecule has 0 saturated heterocycles. The highest BCUT2D eigenvalue weighted by molar-refractivity contribution is 5.71. The lowest BCUT2D eigenvalue weighted by molar-refractivity contribution is -0.144. The summed E-state index contributed by atoms with van der Waals surface area (Å²) in [5.74, 6) is -0.163. The number of carbonyl (C=O) groups excluding carboxylic acids is 1.